The van der Waals surface area contributed by atoms with Crippen LogP contribution in [0.2, 0.25) is 0 Å². The molecular formula is C14H15N3O2. The van der Waals surface area contributed by atoms with Gasteiger partial charge in [-0.15, -0.1) is 0 Å². The van der Waals surface area contributed by atoms with Crippen molar-refractivity contribution in [2.45, 2.75) is 25.3 Å². The molecule has 1 atom stereocenters. The zero-order valence-electron chi connectivity index (χ0n) is 10.5. The van der Waals surface area contributed by atoms with Crippen LogP contribution in [0.3, 0.4) is 0 Å². The molecule has 0 saturated heterocycles. The van der Waals surface area contributed by atoms with Crippen molar-refractivity contribution >= 4 is 16.6 Å². The van der Waals surface area contributed by atoms with Gasteiger partial charge < -0.3 is 5.73 Å². The monoisotopic (exact) mass is 257 g/mol. The molecule has 1 aromatic carbocycles. The molecule has 0 radical (unpaired) electrons. The van der Waals surface area contributed by atoms with Crippen molar-refractivity contribution in [1.29, 1.82) is 0 Å². The topological polar surface area (TPSA) is 82.0 Å². The summed E-state index contributed by atoms with van der Waals surface area (Å²) in [6, 6.07) is 7.17. The molecule has 1 saturated carbocycles. The average Bonchev–Trinajstić information content (AvgIpc) is 3.23. The highest BCUT2D eigenvalue weighted by Crippen LogP contribution is 2.34. The maximum atomic E-state index is 11.0. The first-order valence-corrected chi connectivity index (χ1v) is 6.43. The number of pyridine rings is 1. The van der Waals surface area contributed by atoms with E-state index in [1.54, 1.807) is 12.3 Å². The van der Waals surface area contributed by atoms with Gasteiger partial charge in [0.05, 0.1) is 4.92 Å². The van der Waals surface area contributed by atoms with Crippen LogP contribution in [0.4, 0.5) is 5.69 Å². The summed E-state index contributed by atoms with van der Waals surface area (Å²) < 4.78 is 0. The lowest BCUT2D eigenvalue weighted by Gasteiger charge is -2.12. The number of nitro benzene ring substituents is 1. The van der Waals surface area contributed by atoms with Gasteiger partial charge in [0.15, 0.2) is 0 Å². The molecule has 0 amide bonds. The lowest BCUT2D eigenvalue weighted by atomic mass is 9.98. The van der Waals surface area contributed by atoms with E-state index in [9.17, 15) is 10.1 Å². The van der Waals surface area contributed by atoms with Crippen molar-refractivity contribution in [1.82, 2.24) is 4.98 Å². The van der Waals surface area contributed by atoms with E-state index in [4.69, 9.17) is 5.73 Å². The third kappa shape index (κ3) is 2.29. The molecule has 1 heterocycles. The van der Waals surface area contributed by atoms with Crippen molar-refractivity contribution in [2.24, 2.45) is 11.7 Å². The van der Waals surface area contributed by atoms with Gasteiger partial charge in [0.25, 0.3) is 5.69 Å². The fourth-order valence-corrected chi connectivity index (χ4v) is 2.49. The lowest BCUT2D eigenvalue weighted by Crippen LogP contribution is -2.25. The van der Waals surface area contributed by atoms with Gasteiger partial charge in [0, 0.05) is 23.7 Å². The Bertz CT molecular complexity index is 638. The van der Waals surface area contributed by atoms with Crippen LogP contribution in [0, 0.1) is 16.0 Å². The zero-order chi connectivity index (χ0) is 13.4. The number of non-ortho nitro benzene ring substituents is 1. The molecule has 2 aromatic rings. The van der Waals surface area contributed by atoms with E-state index >= 15 is 0 Å². The molecule has 1 aliphatic rings. The summed E-state index contributed by atoms with van der Waals surface area (Å²) in [5.41, 5.74) is 7.70. The second kappa shape index (κ2) is 4.59. The average molecular weight is 257 g/mol. The van der Waals surface area contributed by atoms with Crippen LogP contribution in [0.25, 0.3) is 10.9 Å². The maximum absolute atomic E-state index is 11.0. The molecular weight excluding hydrogens is 242 g/mol. The third-order valence-corrected chi connectivity index (χ3v) is 3.72. The van der Waals surface area contributed by atoms with Gasteiger partial charge in [0.2, 0.25) is 0 Å². The Labute approximate surface area is 110 Å². The Morgan fingerprint density at radius 1 is 1.42 bits per heavy atom. The largest absolute Gasteiger partial charge is 0.327 e. The molecule has 0 spiro atoms. The number of hydrogen-bond donors (Lipinski definition) is 1. The summed E-state index contributed by atoms with van der Waals surface area (Å²) in [4.78, 5) is 14.8. The second-order valence-corrected chi connectivity index (χ2v) is 5.11. The molecule has 5 heteroatoms. The van der Waals surface area contributed by atoms with E-state index in [0.717, 1.165) is 17.4 Å². The SMILES string of the molecule is NC(Cc1ccc([N+](=O)[O-])c2ncccc12)C1CC1. The van der Waals surface area contributed by atoms with Crippen LogP contribution in [0.5, 0.6) is 0 Å². The Morgan fingerprint density at radius 3 is 2.89 bits per heavy atom. The quantitative estimate of drug-likeness (QED) is 0.673. The normalized spacial score (nSPS) is 16.5. The third-order valence-electron chi connectivity index (χ3n) is 3.72. The Kier molecular flexibility index (Phi) is 2.91. The van der Waals surface area contributed by atoms with Gasteiger partial charge in [-0.3, -0.25) is 10.1 Å². The number of benzene rings is 1. The summed E-state index contributed by atoms with van der Waals surface area (Å²) in [7, 11) is 0. The minimum Gasteiger partial charge on any atom is -0.327 e. The van der Waals surface area contributed by atoms with E-state index in [1.165, 1.54) is 18.9 Å². The second-order valence-electron chi connectivity index (χ2n) is 5.11. The number of fused-ring (bicyclic) bond motifs is 1. The van der Waals surface area contributed by atoms with Gasteiger partial charge >= 0.3 is 0 Å². The Morgan fingerprint density at radius 2 is 2.21 bits per heavy atom. The number of nitrogens with two attached hydrogens (primary N) is 1. The predicted molar refractivity (Wildman–Crippen MR) is 72.8 cm³/mol. The van der Waals surface area contributed by atoms with Crippen LogP contribution in [0.15, 0.2) is 30.5 Å². The number of nitro groups is 1. The number of hydrogen-bond acceptors (Lipinski definition) is 4. The summed E-state index contributed by atoms with van der Waals surface area (Å²) >= 11 is 0. The van der Waals surface area contributed by atoms with Crippen LogP contribution < -0.4 is 5.73 Å². The van der Waals surface area contributed by atoms with Crippen molar-refractivity contribution in [2.75, 3.05) is 0 Å². The van der Waals surface area contributed by atoms with Gasteiger partial charge in [-0.1, -0.05) is 12.1 Å². The summed E-state index contributed by atoms with van der Waals surface area (Å²) in [6.45, 7) is 0. The molecule has 1 aliphatic carbocycles. The molecule has 0 aliphatic heterocycles. The van der Waals surface area contributed by atoms with E-state index in [0.29, 0.717) is 11.4 Å². The molecule has 1 fully saturated rings. The minimum absolute atomic E-state index is 0.0549. The van der Waals surface area contributed by atoms with Crippen molar-refractivity contribution in [3.8, 4) is 0 Å². The van der Waals surface area contributed by atoms with E-state index in [2.05, 4.69) is 4.98 Å². The summed E-state index contributed by atoms with van der Waals surface area (Å²) in [5, 5.41) is 11.8. The molecule has 1 unspecified atom stereocenters. The highest BCUT2D eigenvalue weighted by Gasteiger charge is 2.29. The first kappa shape index (κ1) is 12.0. The molecule has 2 N–H and O–H groups in total. The highest BCUT2D eigenvalue weighted by atomic mass is 16.6. The maximum Gasteiger partial charge on any atom is 0.295 e. The fraction of sp³-hybridized carbons (Fsp3) is 0.357. The van der Waals surface area contributed by atoms with Gasteiger partial charge in [0.1, 0.15) is 5.52 Å². The highest BCUT2D eigenvalue weighted by molar-refractivity contribution is 5.89. The van der Waals surface area contributed by atoms with Crippen molar-refractivity contribution in [3.63, 3.8) is 0 Å². The fourth-order valence-electron chi connectivity index (χ4n) is 2.49. The van der Waals surface area contributed by atoms with Gasteiger partial charge in [-0.2, -0.15) is 0 Å². The van der Waals surface area contributed by atoms with Crippen molar-refractivity contribution in [3.05, 3.63) is 46.1 Å². The predicted octanol–water partition coefficient (Wildman–Crippen LogP) is 2.42. The first-order chi connectivity index (χ1) is 9.16. The number of rotatable bonds is 4. The van der Waals surface area contributed by atoms with Crippen molar-refractivity contribution < 1.29 is 4.92 Å². The summed E-state index contributed by atoms with van der Waals surface area (Å²) in [5.74, 6) is 0.613. The molecule has 5 nitrogen and oxygen atoms in total. The number of aromatic nitrogens is 1. The molecule has 1 aromatic heterocycles. The number of nitrogens with zero attached hydrogens (tertiary/aromatic N) is 2. The molecule has 98 valence electrons. The lowest BCUT2D eigenvalue weighted by molar-refractivity contribution is -0.383. The molecule has 3 rings (SSSR count). The Hall–Kier alpha value is -2.01. The van der Waals surface area contributed by atoms with E-state index in [1.807, 2.05) is 12.1 Å². The standard InChI is InChI=1S/C14H15N3O2/c15-12(9-3-4-9)8-10-5-6-13(17(18)19)14-11(10)2-1-7-16-14/h1-2,5-7,9,12H,3-4,8,15H2. The van der Waals surface area contributed by atoms with E-state index in [-0.39, 0.29) is 16.7 Å². The molecule has 0 bridgehead atoms. The van der Waals surface area contributed by atoms with Gasteiger partial charge in [-0.25, -0.2) is 4.98 Å². The van der Waals surface area contributed by atoms with Crippen LogP contribution in [-0.4, -0.2) is 15.9 Å². The van der Waals surface area contributed by atoms with Crippen LogP contribution >= 0.6 is 0 Å². The Balaban J connectivity index is 2.05. The van der Waals surface area contributed by atoms with Gasteiger partial charge in [-0.05, 0) is 36.8 Å². The smallest absolute Gasteiger partial charge is 0.295 e. The molecule has 19 heavy (non-hydrogen) atoms. The summed E-state index contributed by atoms with van der Waals surface area (Å²) in [6.07, 6.45) is 4.74. The minimum atomic E-state index is -0.389. The van der Waals surface area contributed by atoms with E-state index < -0.39 is 0 Å². The van der Waals surface area contributed by atoms with Crippen LogP contribution in [0.1, 0.15) is 18.4 Å². The zero-order valence-corrected chi connectivity index (χ0v) is 10.5. The first-order valence-electron chi connectivity index (χ1n) is 6.43. The van der Waals surface area contributed by atoms with Crippen LogP contribution in [-0.2, 0) is 6.42 Å².